The number of carbonyl (C=O) groups excluding carboxylic acids is 1. The van der Waals surface area contributed by atoms with Crippen LogP contribution in [0.4, 0.5) is 0 Å². The molecule has 4 nitrogen and oxygen atoms in total. The first kappa shape index (κ1) is 23.0. The fourth-order valence-corrected chi connectivity index (χ4v) is 2.68. The minimum atomic E-state index is -0.191. The van der Waals surface area contributed by atoms with Gasteiger partial charge >= 0.3 is 0 Å². The van der Waals surface area contributed by atoms with Crippen molar-refractivity contribution >= 4 is 5.91 Å². The Morgan fingerprint density at radius 3 is 2.30 bits per heavy atom. The lowest BCUT2D eigenvalue weighted by molar-refractivity contribution is -0.117. The Morgan fingerprint density at radius 1 is 1.03 bits per heavy atom. The average Bonchev–Trinajstić information content (AvgIpc) is 2.72. The van der Waals surface area contributed by atoms with Gasteiger partial charge < -0.3 is 15.8 Å². The molecule has 0 spiro atoms. The first-order valence-electron chi connectivity index (χ1n) is 10.2. The molecule has 0 atom stereocenters. The van der Waals surface area contributed by atoms with E-state index in [0.717, 1.165) is 23.5 Å². The fraction of sp³-hybridized carbons (Fsp3) is 0.269. The molecule has 4 heteroatoms. The Kier molecular flexibility index (Phi) is 8.48. The van der Waals surface area contributed by atoms with Crippen molar-refractivity contribution in [3.8, 4) is 11.5 Å². The number of hydrogen-bond acceptors (Lipinski definition) is 3. The van der Waals surface area contributed by atoms with Gasteiger partial charge in [0.1, 0.15) is 11.5 Å². The van der Waals surface area contributed by atoms with Crippen LogP contribution in [0.25, 0.3) is 0 Å². The normalized spacial score (nSPS) is 12.6. The smallest absolute Gasteiger partial charge is 0.253 e. The van der Waals surface area contributed by atoms with Crippen LogP contribution in [0.5, 0.6) is 11.5 Å². The standard InChI is InChI=1S/C26H32N2O2/c1-6-18(2)8-7-9-25(21(5)27)26(29)28-17-22-11-14-23(15-12-22)30-24-13-10-19(3)20(4)16-24/h7-16H,6,17,27H2,1-5H3,(H,28,29)/b9-7-,18-8?,25-21-. The SMILES string of the molecule is CCC(C)=C/C=C\C(C(=O)NCc1ccc(Oc2ccc(C)c(C)c2)cc1)=C(/C)N. The minimum absolute atomic E-state index is 0.191. The van der Waals surface area contributed by atoms with Crippen LogP contribution in [-0.2, 0) is 11.3 Å². The van der Waals surface area contributed by atoms with E-state index in [1.54, 1.807) is 13.0 Å². The number of nitrogens with two attached hydrogens (primary N) is 1. The molecule has 0 aromatic heterocycles. The van der Waals surface area contributed by atoms with Crippen molar-refractivity contribution < 1.29 is 9.53 Å². The second-order valence-corrected chi connectivity index (χ2v) is 7.50. The van der Waals surface area contributed by atoms with Crippen LogP contribution in [0.15, 0.2) is 77.5 Å². The van der Waals surface area contributed by atoms with Crippen molar-refractivity contribution in [2.45, 2.75) is 47.6 Å². The molecule has 0 saturated carbocycles. The number of ether oxygens (including phenoxy) is 1. The summed E-state index contributed by atoms with van der Waals surface area (Å²) in [7, 11) is 0. The molecule has 0 heterocycles. The van der Waals surface area contributed by atoms with Crippen molar-refractivity contribution in [2.24, 2.45) is 5.73 Å². The maximum absolute atomic E-state index is 12.5. The molecule has 0 saturated heterocycles. The molecule has 0 unspecified atom stereocenters. The van der Waals surface area contributed by atoms with Gasteiger partial charge in [-0.1, -0.05) is 42.8 Å². The van der Waals surface area contributed by atoms with Gasteiger partial charge in [0.15, 0.2) is 0 Å². The summed E-state index contributed by atoms with van der Waals surface area (Å²) in [6.45, 7) is 10.4. The van der Waals surface area contributed by atoms with Crippen LogP contribution < -0.4 is 15.8 Å². The quantitative estimate of drug-likeness (QED) is 0.428. The lowest BCUT2D eigenvalue weighted by atomic mass is 10.1. The summed E-state index contributed by atoms with van der Waals surface area (Å²) in [5, 5.41) is 2.93. The third kappa shape index (κ3) is 6.96. The van der Waals surface area contributed by atoms with Gasteiger partial charge in [0.05, 0.1) is 5.57 Å². The van der Waals surface area contributed by atoms with E-state index in [0.29, 0.717) is 17.8 Å². The zero-order chi connectivity index (χ0) is 22.1. The van der Waals surface area contributed by atoms with Crippen molar-refractivity contribution in [2.75, 3.05) is 0 Å². The predicted molar refractivity (Wildman–Crippen MR) is 124 cm³/mol. The molecule has 3 N–H and O–H groups in total. The molecule has 2 aromatic carbocycles. The molecule has 0 aliphatic heterocycles. The summed E-state index contributed by atoms with van der Waals surface area (Å²) in [6, 6.07) is 13.7. The van der Waals surface area contributed by atoms with Gasteiger partial charge in [-0.3, -0.25) is 4.79 Å². The lowest BCUT2D eigenvalue weighted by Gasteiger charge is -2.10. The van der Waals surface area contributed by atoms with E-state index >= 15 is 0 Å². The molecule has 0 radical (unpaired) electrons. The molecule has 0 bridgehead atoms. The van der Waals surface area contributed by atoms with Gasteiger partial charge in [-0.2, -0.15) is 0 Å². The molecule has 0 aliphatic rings. The Labute approximate surface area is 180 Å². The summed E-state index contributed by atoms with van der Waals surface area (Å²) in [4.78, 5) is 12.5. The van der Waals surface area contributed by atoms with Crippen molar-refractivity contribution in [1.29, 1.82) is 0 Å². The number of allylic oxidation sites excluding steroid dienone is 4. The van der Waals surface area contributed by atoms with E-state index in [-0.39, 0.29) is 5.91 Å². The van der Waals surface area contributed by atoms with E-state index < -0.39 is 0 Å². The lowest BCUT2D eigenvalue weighted by Crippen LogP contribution is -2.25. The molecule has 158 valence electrons. The molecule has 1 amide bonds. The van der Waals surface area contributed by atoms with E-state index in [1.807, 2.05) is 54.6 Å². The van der Waals surface area contributed by atoms with E-state index in [1.165, 1.54) is 16.7 Å². The molecule has 30 heavy (non-hydrogen) atoms. The summed E-state index contributed by atoms with van der Waals surface area (Å²) >= 11 is 0. The Hall–Kier alpha value is -3.27. The largest absolute Gasteiger partial charge is 0.457 e. The topological polar surface area (TPSA) is 64.3 Å². The average molecular weight is 405 g/mol. The molecule has 2 rings (SSSR count). The van der Waals surface area contributed by atoms with Gasteiger partial charge in [0.25, 0.3) is 5.91 Å². The second-order valence-electron chi connectivity index (χ2n) is 7.50. The van der Waals surface area contributed by atoms with Crippen LogP contribution in [0.2, 0.25) is 0 Å². The van der Waals surface area contributed by atoms with E-state index in [9.17, 15) is 4.79 Å². The van der Waals surface area contributed by atoms with Crippen molar-refractivity contribution in [1.82, 2.24) is 5.32 Å². The molecule has 2 aromatic rings. The third-order valence-corrected chi connectivity index (χ3v) is 4.96. The van der Waals surface area contributed by atoms with Gasteiger partial charge in [0.2, 0.25) is 0 Å². The van der Waals surface area contributed by atoms with Gasteiger partial charge in [-0.25, -0.2) is 0 Å². The second kappa shape index (κ2) is 11.1. The predicted octanol–water partition coefficient (Wildman–Crippen LogP) is 5.86. The maximum atomic E-state index is 12.5. The minimum Gasteiger partial charge on any atom is -0.457 e. The fourth-order valence-electron chi connectivity index (χ4n) is 2.68. The van der Waals surface area contributed by atoms with Crippen LogP contribution in [-0.4, -0.2) is 5.91 Å². The van der Waals surface area contributed by atoms with Crippen molar-refractivity contribution in [3.05, 3.63) is 94.2 Å². The Bertz CT molecular complexity index is 963. The number of rotatable bonds is 8. The summed E-state index contributed by atoms with van der Waals surface area (Å²) in [5.41, 5.74) is 11.5. The zero-order valence-electron chi connectivity index (χ0n) is 18.6. The van der Waals surface area contributed by atoms with Crippen LogP contribution in [0.1, 0.15) is 43.9 Å². The summed E-state index contributed by atoms with van der Waals surface area (Å²) in [5.74, 6) is 1.38. The zero-order valence-corrected chi connectivity index (χ0v) is 18.6. The number of nitrogens with one attached hydrogen (secondary N) is 1. The number of benzene rings is 2. The maximum Gasteiger partial charge on any atom is 0.253 e. The molecular weight excluding hydrogens is 372 g/mol. The van der Waals surface area contributed by atoms with Gasteiger partial charge in [-0.15, -0.1) is 0 Å². The Balaban J connectivity index is 1.97. The molecular formula is C26H32N2O2. The number of amides is 1. The van der Waals surface area contributed by atoms with Crippen molar-refractivity contribution in [3.63, 3.8) is 0 Å². The van der Waals surface area contributed by atoms with Gasteiger partial charge in [-0.05, 0) is 81.1 Å². The van der Waals surface area contributed by atoms with Gasteiger partial charge in [0, 0.05) is 12.2 Å². The van der Waals surface area contributed by atoms with Crippen LogP contribution >= 0.6 is 0 Å². The van der Waals surface area contributed by atoms with E-state index in [4.69, 9.17) is 10.5 Å². The monoisotopic (exact) mass is 404 g/mol. The number of aryl methyl sites for hydroxylation is 2. The third-order valence-electron chi connectivity index (χ3n) is 4.96. The molecule has 0 aliphatic carbocycles. The van der Waals surface area contributed by atoms with E-state index in [2.05, 4.69) is 33.0 Å². The highest BCUT2D eigenvalue weighted by Gasteiger charge is 2.08. The highest BCUT2D eigenvalue weighted by molar-refractivity contribution is 5.96. The highest BCUT2D eigenvalue weighted by Crippen LogP contribution is 2.24. The molecule has 0 fully saturated rings. The van der Waals surface area contributed by atoms with Crippen LogP contribution in [0.3, 0.4) is 0 Å². The summed E-state index contributed by atoms with van der Waals surface area (Å²) in [6.07, 6.45) is 6.58. The Morgan fingerprint density at radius 2 is 1.70 bits per heavy atom. The first-order valence-corrected chi connectivity index (χ1v) is 10.2. The van der Waals surface area contributed by atoms with Crippen LogP contribution in [0, 0.1) is 13.8 Å². The number of carbonyl (C=O) groups is 1. The highest BCUT2D eigenvalue weighted by atomic mass is 16.5. The summed E-state index contributed by atoms with van der Waals surface area (Å²) < 4.78 is 5.91. The number of hydrogen-bond donors (Lipinski definition) is 2. The first-order chi connectivity index (χ1) is 14.3.